The van der Waals surface area contributed by atoms with Crippen molar-refractivity contribution in [1.29, 1.82) is 0 Å². The number of nitrogens with one attached hydrogen (secondary N) is 1. The summed E-state index contributed by atoms with van der Waals surface area (Å²) in [5, 5.41) is 2.87. The number of halogens is 3. The van der Waals surface area contributed by atoms with Crippen molar-refractivity contribution in [3.05, 3.63) is 53.5 Å². The van der Waals surface area contributed by atoms with Crippen molar-refractivity contribution in [3.63, 3.8) is 0 Å². The monoisotopic (exact) mass is 282 g/mol. The number of ether oxygens (including phenoxy) is 1. The Morgan fingerprint density at radius 1 is 1.10 bits per heavy atom. The molecule has 3 nitrogen and oxygen atoms in total. The van der Waals surface area contributed by atoms with Gasteiger partial charge in [0, 0.05) is 24.2 Å². The third-order valence-corrected chi connectivity index (χ3v) is 2.60. The van der Waals surface area contributed by atoms with Crippen molar-refractivity contribution in [1.82, 2.24) is 4.98 Å². The maximum atomic E-state index is 13.4. The number of nitrogens with zero attached hydrogens (tertiary/aromatic N) is 1. The van der Waals surface area contributed by atoms with Crippen LogP contribution in [0.5, 0.6) is 5.88 Å². The van der Waals surface area contributed by atoms with Crippen molar-refractivity contribution in [3.8, 4) is 5.88 Å². The maximum absolute atomic E-state index is 13.4. The van der Waals surface area contributed by atoms with Gasteiger partial charge in [-0.15, -0.1) is 0 Å². The van der Waals surface area contributed by atoms with Crippen LogP contribution in [0.1, 0.15) is 12.5 Å². The molecule has 0 spiro atoms. The fourth-order valence-corrected chi connectivity index (χ4v) is 1.61. The van der Waals surface area contributed by atoms with E-state index in [-0.39, 0.29) is 12.1 Å². The zero-order valence-electron chi connectivity index (χ0n) is 10.8. The molecule has 1 aromatic heterocycles. The molecule has 0 aliphatic rings. The Labute approximate surface area is 114 Å². The summed E-state index contributed by atoms with van der Waals surface area (Å²) in [7, 11) is 0. The van der Waals surface area contributed by atoms with Gasteiger partial charge in [0.15, 0.2) is 11.6 Å². The van der Waals surface area contributed by atoms with Gasteiger partial charge in [0.1, 0.15) is 5.82 Å². The molecule has 20 heavy (non-hydrogen) atoms. The first-order valence-corrected chi connectivity index (χ1v) is 6.06. The average Bonchev–Trinajstić information content (AvgIpc) is 2.43. The molecule has 6 heteroatoms. The molecule has 2 rings (SSSR count). The summed E-state index contributed by atoms with van der Waals surface area (Å²) in [6.07, 6.45) is 1.52. The molecule has 1 aromatic carbocycles. The highest BCUT2D eigenvalue weighted by Gasteiger charge is 2.09. The van der Waals surface area contributed by atoms with Gasteiger partial charge < -0.3 is 10.1 Å². The van der Waals surface area contributed by atoms with Gasteiger partial charge in [-0.3, -0.25) is 0 Å². The lowest BCUT2D eigenvalue weighted by Gasteiger charge is -2.08. The molecule has 106 valence electrons. The number of anilines is 1. The summed E-state index contributed by atoms with van der Waals surface area (Å²) in [4.78, 5) is 4.02. The molecule has 0 amide bonds. The molecule has 0 saturated carbocycles. The normalized spacial score (nSPS) is 10.4. The number of hydrogen-bond acceptors (Lipinski definition) is 3. The number of aromatic nitrogens is 1. The van der Waals surface area contributed by atoms with Gasteiger partial charge in [-0.1, -0.05) is 0 Å². The second-order valence-electron chi connectivity index (χ2n) is 4.03. The highest BCUT2D eigenvalue weighted by molar-refractivity contribution is 5.42. The average molecular weight is 282 g/mol. The van der Waals surface area contributed by atoms with E-state index in [0.717, 1.165) is 6.07 Å². The van der Waals surface area contributed by atoms with Gasteiger partial charge in [0.25, 0.3) is 0 Å². The Balaban J connectivity index is 2.03. The van der Waals surface area contributed by atoms with Crippen molar-refractivity contribution < 1.29 is 17.9 Å². The Morgan fingerprint density at radius 3 is 2.50 bits per heavy atom. The van der Waals surface area contributed by atoms with Gasteiger partial charge in [-0.2, -0.15) is 0 Å². The fourth-order valence-electron chi connectivity index (χ4n) is 1.61. The summed E-state index contributed by atoms with van der Waals surface area (Å²) in [6.45, 7) is 2.39. The Hall–Kier alpha value is -2.24. The van der Waals surface area contributed by atoms with Crippen LogP contribution >= 0.6 is 0 Å². The summed E-state index contributed by atoms with van der Waals surface area (Å²) < 4.78 is 44.4. The fraction of sp³-hybridized carbons (Fsp3) is 0.214. The van der Waals surface area contributed by atoms with Gasteiger partial charge in [0.2, 0.25) is 5.88 Å². The van der Waals surface area contributed by atoms with Crippen molar-refractivity contribution in [2.75, 3.05) is 11.9 Å². The van der Waals surface area contributed by atoms with Gasteiger partial charge in [-0.05, 0) is 19.1 Å². The largest absolute Gasteiger partial charge is 0.478 e. The van der Waals surface area contributed by atoms with Crippen LogP contribution in [0, 0.1) is 17.5 Å². The molecule has 0 atom stereocenters. The minimum absolute atomic E-state index is 0.0265. The molecule has 0 fully saturated rings. The third kappa shape index (κ3) is 3.40. The lowest BCUT2D eigenvalue weighted by Crippen LogP contribution is -2.04. The maximum Gasteiger partial charge on any atom is 0.213 e. The second kappa shape index (κ2) is 6.27. The van der Waals surface area contributed by atoms with E-state index < -0.39 is 17.5 Å². The van der Waals surface area contributed by atoms with Gasteiger partial charge in [0.05, 0.1) is 18.5 Å². The Morgan fingerprint density at radius 2 is 1.85 bits per heavy atom. The molecule has 0 radical (unpaired) electrons. The van der Waals surface area contributed by atoms with Crippen LogP contribution in [-0.2, 0) is 6.54 Å². The summed E-state index contributed by atoms with van der Waals surface area (Å²) in [5.41, 5.74) is 0.662. The summed E-state index contributed by atoms with van der Waals surface area (Å²) in [6, 6.07) is 4.73. The number of pyridine rings is 1. The van der Waals surface area contributed by atoms with Crippen LogP contribution in [-0.4, -0.2) is 11.6 Å². The Kier molecular flexibility index (Phi) is 4.45. The lowest BCUT2D eigenvalue weighted by atomic mass is 10.2. The van der Waals surface area contributed by atoms with E-state index in [1.54, 1.807) is 12.1 Å². The SMILES string of the molecule is CCOc1ccc(NCc2cc(F)c(F)cc2F)cn1. The van der Waals surface area contributed by atoms with E-state index in [9.17, 15) is 13.2 Å². The predicted octanol–water partition coefficient (Wildman–Crippen LogP) is 3.51. The first kappa shape index (κ1) is 14.2. The van der Waals surface area contributed by atoms with Crippen LogP contribution in [0.15, 0.2) is 30.5 Å². The molecule has 1 heterocycles. The van der Waals surface area contributed by atoms with Crippen LogP contribution in [0.3, 0.4) is 0 Å². The van der Waals surface area contributed by atoms with E-state index in [1.807, 2.05) is 6.92 Å². The quantitative estimate of drug-likeness (QED) is 0.852. The molecule has 0 aliphatic carbocycles. The highest BCUT2D eigenvalue weighted by atomic mass is 19.2. The standard InChI is InChI=1S/C14H13F3N2O/c1-2-20-14-4-3-10(8-19-14)18-7-9-5-12(16)13(17)6-11(9)15/h3-6,8,18H,2,7H2,1H3. The zero-order valence-corrected chi connectivity index (χ0v) is 10.8. The molecular formula is C14H13F3N2O. The first-order valence-electron chi connectivity index (χ1n) is 6.06. The zero-order chi connectivity index (χ0) is 14.5. The summed E-state index contributed by atoms with van der Waals surface area (Å²) >= 11 is 0. The van der Waals surface area contributed by atoms with Crippen LogP contribution in [0.25, 0.3) is 0 Å². The van der Waals surface area contributed by atoms with E-state index >= 15 is 0 Å². The molecule has 0 unspecified atom stereocenters. The second-order valence-corrected chi connectivity index (χ2v) is 4.03. The van der Waals surface area contributed by atoms with E-state index in [0.29, 0.717) is 24.2 Å². The van der Waals surface area contributed by atoms with Crippen molar-refractivity contribution >= 4 is 5.69 Å². The van der Waals surface area contributed by atoms with Crippen LogP contribution < -0.4 is 10.1 Å². The first-order chi connectivity index (χ1) is 9.60. The molecular weight excluding hydrogens is 269 g/mol. The number of benzene rings is 1. The van der Waals surface area contributed by atoms with E-state index in [4.69, 9.17) is 4.74 Å². The van der Waals surface area contributed by atoms with E-state index in [1.165, 1.54) is 6.20 Å². The number of hydrogen-bond donors (Lipinski definition) is 1. The minimum atomic E-state index is -1.20. The van der Waals surface area contributed by atoms with Crippen molar-refractivity contribution in [2.24, 2.45) is 0 Å². The van der Waals surface area contributed by atoms with Crippen LogP contribution in [0.4, 0.5) is 18.9 Å². The minimum Gasteiger partial charge on any atom is -0.478 e. The van der Waals surface area contributed by atoms with Crippen LogP contribution in [0.2, 0.25) is 0 Å². The number of rotatable bonds is 5. The molecule has 2 aromatic rings. The van der Waals surface area contributed by atoms with Gasteiger partial charge in [-0.25, -0.2) is 18.2 Å². The van der Waals surface area contributed by atoms with Crippen molar-refractivity contribution in [2.45, 2.75) is 13.5 Å². The molecule has 0 saturated heterocycles. The molecule has 0 bridgehead atoms. The molecule has 0 aliphatic heterocycles. The lowest BCUT2D eigenvalue weighted by molar-refractivity contribution is 0.327. The third-order valence-electron chi connectivity index (χ3n) is 2.60. The predicted molar refractivity (Wildman–Crippen MR) is 69.0 cm³/mol. The van der Waals surface area contributed by atoms with E-state index in [2.05, 4.69) is 10.3 Å². The topological polar surface area (TPSA) is 34.1 Å². The van der Waals surface area contributed by atoms with Gasteiger partial charge >= 0.3 is 0 Å². The summed E-state index contributed by atoms with van der Waals surface area (Å²) in [5.74, 6) is -2.59. The smallest absolute Gasteiger partial charge is 0.213 e. The molecule has 1 N–H and O–H groups in total. The highest BCUT2D eigenvalue weighted by Crippen LogP contribution is 2.16. The Bertz CT molecular complexity index is 588.